The first kappa shape index (κ1) is 20.6. The summed E-state index contributed by atoms with van der Waals surface area (Å²) in [4.78, 5) is 44.1. The van der Waals surface area contributed by atoms with Crippen LogP contribution in [0, 0.1) is 18.8 Å². The van der Waals surface area contributed by atoms with Gasteiger partial charge in [-0.15, -0.1) is 0 Å². The summed E-state index contributed by atoms with van der Waals surface area (Å²) >= 11 is 0. The van der Waals surface area contributed by atoms with Gasteiger partial charge in [0.2, 0.25) is 11.8 Å². The number of ether oxygens (including phenoxy) is 1. The van der Waals surface area contributed by atoms with E-state index >= 15 is 0 Å². The molecule has 2 aromatic carbocycles. The first-order valence-electron chi connectivity index (χ1n) is 10.9. The van der Waals surface area contributed by atoms with Crippen LogP contribution in [0.4, 0.5) is 5.69 Å². The van der Waals surface area contributed by atoms with Gasteiger partial charge in [0.25, 0.3) is 0 Å². The molecule has 6 nitrogen and oxygen atoms in total. The van der Waals surface area contributed by atoms with Crippen LogP contribution in [-0.4, -0.2) is 54.8 Å². The van der Waals surface area contributed by atoms with Gasteiger partial charge in [-0.3, -0.25) is 19.3 Å². The van der Waals surface area contributed by atoms with Crippen molar-refractivity contribution < 1.29 is 19.1 Å². The number of allylic oxidation sites excluding steroid dienone is 1. The maximum absolute atomic E-state index is 13.9. The summed E-state index contributed by atoms with van der Waals surface area (Å²) < 4.78 is 5.11. The van der Waals surface area contributed by atoms with Gasteiger partial charge in [-0.05, 0) is 25.5 Å². The van der Waals surface area contributed by atoms with Gasteiger partial charge in [0.15, 0.2) is 5.78 Å². The SMILES string of the molecule is COCCN1C(=O)[C@H]2[C@H](C1=O)[C@H](C(=O)c1ccc(C)cc1)N1c3ccccc3C(C)=C[C@H]21. The van der Waals surface area contributed by atoms with Crippen LogP contribution >= 0.6 is 0 Å². The molecule has 0 aliphatic carbocycles. The van der Waals surface area contributed by atoms with Gasteiger partial charge in [-0.25, -0.2) is 0 Å². The van der Waals surface area contributed by atoms with Crippen LogP contribution in [0.25, 0.3) is 5.57 Å². The van der Waals surface area contributed by atoms with Crippen molar-refractivity contribution in [2.75, 3.05) is 25.2 Å². The number of imide groups is 1. The molecule has 164 valence electrons. The van der Waals surface area contributed by atoms with Crippen molar-refractivity contribution in [1.29, 1.82) is 0 Å². The summed E-state index contributed by atoms with van der Waals surface area (Å²) in [5, 5.41) is 0. The van der Waals surface area contributed by atoms with Crippen LogP contribution in [0.15, 0.2) is 54.6 Å². The summed E-state index contributed by atoms with van der Waals surface area (Å²) in [5.74, 6) is -1.91. The lowest BCUT2D eigenvalue weighted by Crippen LogP contribution is -2.49. The van der Waals surface area contributed by atoms with Gasteiger partial charge < -0.3 is 9.64 Å². The largest absolute Gasteiger partial charge is 0.383 e. The van der Waals surface area contributed by atoms with E-state index in [-0.39, 0.29) is 36.8 Å². The van der Waals surface area contributed by atoms with Crippen LogP contribution in [0.2, 0.25) is 0 Å². The molecule has 0 saturated carbocycles. The number of carbonyl (C=O) groups excluding carboxylic acids is 3. The van der Waals surface area contributed by atoms with Crippen LogP contribution in [0.1, 0.15) is 28.4 Å². The third kappa shape index (κ3) is 2.93. The van der Waals surface area contributed by atoms with Crippen molar-refractivity contribution in [3.63, 3.8) is 0 Å². The number of hydrogen-bond donors (Lipinski definition) is 0. The van der Waals surface area contributed by atoms with Crippen molar-refractivity contribution in [1.82, 2.24) is 4.90 Å². The number of anilines is 1. The first-order chi connectivity index (χ1) is 15.4. The zero-order valence-corrected chi connectivity index (χ0v) is 18.4. The fourth-order valence-electron chi connectivity index (χ4n) is 5.45. The number of carbonyl (C=O) groups is 3. The molecule has 0 N–H and O–H groups in total. The second-order valence-electron chi connectivity index (χ2n) is 8.81. The highest BCUT2D eigenvalue weighted by Crippen LogP contribution is 2.50. The third-order valence-corrected chi connectivity index (χ3v) is 6.97. The quantitative estimate of drug-likeness (QED) is 0.539. The predicted molar refractivity (Wildman–Crippen MR) is 121 cm³/mol. The van der Waals surface area contributed by atoms with E-state index in [1.54, 1.807) is 19.2 Å². The smallest absolute Gasteiger partial charge is 0.235 e. The molecule has 0 radical (unpaired) electrons. The van der Waals surface area contributed by atoms with Crippen LogP contribution in [0.3, 0.4) is 0 Å². The first-order valence-corrected chi connectivity index (χ1v) is 10.9. The fourth-order valence-corrected chi connectivity index (χ4v) is 5.45. The van der Waals surface area contributed by atoms with E-state index in [1.165, 1.54) is 4.90 Å². The Hall–Kier alpha value is -3.25. The number of amides is 2. The Morgan fingerprint density at radius 2 is 1.66 bits per heavy atom. The van der Waals surface area contributed by atoms with Gasteiger partial charge in [0.05, 0.1) is 31.0 Å². The molecule has 0 aromatic heterocycles. The Morgan fingerprint density at radius 1 is 0.969 bits per heavy atom. The fraction of sp³-hybridized carbons (Fsp3) is 0.346. The van der Waals surface area contributed by atoms with E-state index in [0.717, 1.165) is 22.4 Å². The van der Waals surface area contributed by atoms with Crippen LogP contribution in [0.5, 0.6) is 0 Å². The molecule has 2 saturated heterocycles. The molecule has 3 heterocycles. The van der Waals surface area contributed by atoms with Gasteiger partial charge in [0.1, 0.15) is 6.04 Å². The number of Topliss-reactive ketones (excluding diaryl/α,β-unsaturated/α-hetero) is 1. The maximum atomic E-state index is 13.9. The number of methoxy groups -OCH3 is 1. The van der Waals surface area contributed by atoms with Crippen molar-refractivity contribution in [2.24, 2.45) is 11.8 Å². The van der Waals surface area contributed by atoms with Gasteiger partial charge in [-0.2, -0.15) is 0 Å². The lowest BCUT2D eigenvalue weighted by atomic mass is 9.85. The average Bonchev–Trinajstić information content (AvgIpc) is 3.25. The topological polar surface area (TPSA) is 66.9 Å². The van der Waals surface area contributed by atoms with Crippen LogP contribution in [-0.2, 0) is 14.3 Å². The normalized spacial score (nSPS) is 26.0. The van der Waals surface area contributed by atoms with Crippen molar-refractivity contribution in [3.8, 4) is 0 Å². The highest BCUT2D eigenvalue weighted by molar-refractivity contribution is 6.14. The third-order valence-electron chi connectivity index (χ3n) is 6.97. The molecule has 0 bridgehead atoms. The van der Waals surface area contributed by atoms with E-state index in [9.17, 15) is 14.4 Å². The Kier molecular flexibility index (Phi) is 4.97. The number of aryl methyl sites for hydroxylation is 1. The second-order valence-corrected chi connectivity index (χ2v) is 8.81. The van der Waals surface area contributed by atoms with Crippen molar-refractivity contribution in [2.45, 2.75) is 25.9 Å². The van der Waals surface area contributed by atoms with Crippen LogP contribution < -0.4 is 4.90 Å². The lowest BCUT2D eigenvalue weighted by molar-refractivity contribution is -0.141. The summed E-state index contributed by atoms with van der Waals surface area (Å²) in [6.45, 7) is 4.47. The molecule has 2 amide bonds. The Morgan fingerprint density at radius 3 is 2.38 bits per heavy atom. The highest BCUT2D eigenvalue weighted by atomic mass is 16.5. The number of rotatable bonds is 5. The Balaban J connectivity index is 1.64. The summed E-state index contributed by atoms with van der Waals surface area (Å²) in [6, 6.07) is 14.2. The van der Waals surface area contributed by atoms with Gasteiger partial charge in [0, 0.05) is 23.9 Å². The minimum Gasteiger partial charge on any atom is -0.383 e. The zero-order valence-electron chi connectivity index (χ0n) is 18.4. The molecule has 4 atom stereocenters. The maximum Gasteiger partial charge on any atom is 0.235 e. The molecule has 3 aliphatic rings. The lowest BCUT2D eigenvalue weighted by Gasteiger charge is -2.38. The molecule has 5 rings (SSSR count). The predicted octanol–water partition coefficient (Wildman–Crippen LogP) is 3.10. The zero-order chi connectivity index (χ0) is 22.6. The molecule has 2 aromatic rings. The number of likely N-dealkylation sites (tertiary alicyclic amines) is 1. The standard InChI is InChI=1S/C26H26N2O4/c1-15-8-10-17(11-9-15)24(29)23-22-21(25(30)27(26(22)31)12-13-32-3)20-14-16(2)18-6-4-5-7-19(18)28(20)23/h4-11,14,20-23H,12-13H2,1-3H3/t20-,21-,22+,23-/m1/s1. The molecular formula is C26H26N2O4. The molecule has 3 aliphatic heterocycles. The summed E-state index contributed by atoms with van der Waals surface area (Å²) in [7, 11) is 1.54. The van der Waals surface area contributed by atoms with E-state index < -0.39 is 17.9 Å². The number of fused-ring (bicyclic) bond motifs is 5. The summed E-state index contributed by atoms with van der Waals surface area (Å²) in [5.41, 5.74) is 4.60. The molecule has 0 spiro atoms. The molecule has 0 unspecified atom stereocenters. The Labute approximate surface area is 187 Å². The molecule has 2 fully saturated rings. The van der Waals surface area contributed by atoms with Crippen molar-refractivity contribution >= 4 is 28.9 Å². The molecule has 32 heavy (non-hydrogen) atoms. The second kappa shape index (κ2) is 7.71. The van der Waals surface area contributed by atoms with Gasteiger partial charge in [-0.1, -0.05) is 54.1 Å². The minimum atomic E-state index is -0.734. The molecular weight excluding hydrogens is 404 g/mol. The number of benzene rings is 2. The monoisotopic (exact) mass is 430 g/mol. The Bertz CT molecular complexity index is 1140. The highest BCUT2D eigenvalue weighted by Gasteiger charge is 2.64. The number of nitrogens with zero attached hydrogens (tertiary/aromatic N) is 2. The van der Waals surface area contributed by atoms with Gasteiger partial charge >= 0.3 is 0 Å². The van der Waals surface area contributed by atoms with E-state index in [2.05, 4.69) is 0 Å². The van der Waals surface area contributed by atoms with E-state index in [0.29, 0.717) is 5.56 Å². The van der Waals surface area contributed by atoms with E-state index in [4.69, 9.17) is 4.74 Å². The minimum absolute atomic E-state index is 0.125. The number of para-hydroxylation sites is 1. The number of ketones is 1. The summed E-state index contributed by atoms with van der Waals surface area (Å²) in [6.07, 6.45) is 2.05. The van der Waals surface area contributed by atoms with Crippen molar-refractivity contribution in [3.05, 3.63) is 71.3 Å². The average molecular weight is 431 g/mol. The number of hydrogen-bond acceptors (Lipinski definition) is 5. The van der Waals surface area contributed by atoms with E-state index in [1.807, 2.05) is 61.2 Å². The molecule has 6 heteroatoms.